The SMILES string of the molecule is O=C(O)c1cc(NS(=O)(=O)c2cccc3nsnc23)cc(C(O)O)c1. The molecule has 1 heterocycles. The molecule has 0 radical (unpaired) electrons. The summed E-state index contributed by atoms with van der Waals surface area (Å²) >= 11 is 0.866. The highest BCUT2D eigenvalue weighted by Gasteiger charge is 2.21. The minimum atomic E-state index is -4.10. The van der Waals surface area contributed by atoms with Gasteiger partial charge < -0.3 is 15.3 Å². The third-order valence-electron chi connectivity index (χ3n) is 3.29. The summed E-state index contributed by atoms with van der Waals surface area (Å²) < 4.78 is 35.4. The summed E-state index contributed by atoms with van der Waals surface area (Å²) in [5.74, 6) is -1.34. The number of aliphatic hydroxyl groups is 2. The van der Waals surface area contributed by atoms with Crippen molar-refractivity contribution in [2.45, 2.75) is 11.2 Å². The summed E-state index contributed by atoms with van der Waals surface area (Å²) in [6, 6.07) is 7.71. The lowest BCUT2D eigenvalue weighted by molar-refractivity contribution is -0.0424. The van der Waals surface area contributed by atoms with Crippen molar-refractivity contribution >= 4 is 44.4 Å². The zero-order chi connectivity index (χ0) is 18.2. The summed E-state index contributed by atoms with van der Waals surface area (Å²) in [6.45, 7) is 0. The molecule has 0 saturated heterocycles. The number of nitrogens with one attached hydrogen (secondary N) is 1. The molecule has 0 aliphatic rings. The van der Waals surface area contributed by atoms with Gasteiger partial charge in [-0.2, -0.15) is 8.75 Å². The van der Waals surface area contributed by atoms with E-state index < -0.39 is 22.3 Å². The topological polar surface area (TPSA) is 150 Å². The molecule has 0 amide bonds. The van der Waals surface area contributed by atoms with Crippen LogP contribution in [0.1, 0.15) is 22.2 Å². The van der Waals surface area contributed by atoms with Crippen LogP contribution < -0.4 is 4.72 Å². The number of sulfonamides is 1. The fraction of sp³-hybridized carbons (Fsp3) is 0.0714. The van der Waals surface area contributed by atoms with Gasteiger partial charge in [0.05, 0.1) is 23.0 Å². The van der Waals surface area contributed by atoms with Crippen molar-refractivity contribution < 1.29 is 28.5 Å². The molecule has 4 N–H and O–H groups in total. The van der Waals surface area contributed by atoms with Crippen LogP contribution in [0.15, 0.2) is 41.3 Å². The maximum Gasteiger partial charge on any atom is 0.335 e. The number of carboxylic acid groups (broad SMARTS) is 1. The number of aliphatic hydroxyl groups excluding tert-OH is 1. The van der Waals surface area contributed by atoms with Gasteiger partial charge in [-0.05, 0) is 30.3 Å². The molecule has 9 nitrogen and oxygen atoms in total. The zero-order valence-electron chi connectivity index (χ0n) is 12.3. The lowest BCUT2D eigenvalue weighted by Crippen LogP contribution is -2.14. The average molecular weight is 381 g/mol. The van der Waals surface area contributed by atoms with Gasteiger partial charge in [0, 0.05) is 5.56 Å². The third-order valence-corrected chi connectivity index (χ3v) is 5.25. The van der Waals surface area contributed by atoms with Gasteiger partial charge in [-0.15, -0.1) is 0 Å². The number of aromatic carboxylic acids is 1. The Kier molecular flexibility index (Phi) is 4.39. The molecule has 0 atom stereocenters. The largest absolute Gasteiger partial charge is 0.478 e. The van der Waals surface area contributed by atoms with E-state index in [1.807, 2.05) is 0 Å². The van der Waals surface area contributed by atoms with Crippen LogP contribution in [0.3, 0.4) is 0 Å². The maximum atomic E-state index is 12.6. The van der Waals surface area contributed by atoms with Crippen LogP contribution in [0, 0.1) is 0 Å². The van der Waals surface area contributed by atoms with E-state index in [1.54, 1.807) is 6.07 Å². The molecule has 0 unspecified atom stereocenters. The van der Waals surface area contributed by atoms with Crippen molar-refractivity contribution in [3.63, 3.8) is 0 Å². The molecule has 1 aromatic heterocycles. The van der Waals surface area contributed by atoms with Crippen LogP contribution >= 0.6 is 11.7 Å². The number of rotatable bonds is 5. The molecule has 130 valence electrons. The van der Waals surface area contributed by atoms with Crippen molar-refractivity contribution in [1.82, 2.24) is 8.75 Å². The first-order valence-electron chi connectivity index (χ1n) is 6.76. The van der Waals surface area contributed by atoms with Gasteiger partial charge in [0.15, 0.2) is 6.29 Å². The van der Waals surface area contributed by atoms with E-state index in [1.165, 1.54) is 12.1 Å². The number of hydrogen-bond donors (Lipinski definition) is 4. The summed E-state index contributed by atoms with van der Waals surface area (Å²) in [5.41, 5.74) is 0.0293. The normalized spacial score (nSPS) is 11.8. The summed E-state index contributed by atoms with van der Waals surface area (Å²) in [5, 5.41) is 27.6. The number of anilines is 1. The Bertz CT molecular complexity index is 1060. The fourth-order valence-electron chi connectivity index (χ4n) is 2.19. The zero-order valence-corrected chi connectivity index (χ0v) is 14.0. The summed E-state index contributed by atoms with van der Waals surface area (Å²) in [6.07, 6.45) is -1.95. The lowest BCUT2D eigenvalue weighted by Gasteiger charge is -2.12. The van der Waals surface area contributed by atoms with E-state index in [4.69, 9.17) is 5.11 Å². The average Bonchev–Trinajstić information content (AvgIpc) is 3.02. The molecule has 2 aromatic carbocycles. The van der Waals surface area contributed by atoms with E-state index in [9.17, 15) is 23.4 Å². The Morgan fingerprint density at radius 3 is 2.60 bits per heavy atom. The van der Waals surface area contributed by atoms with Gasteiger partial charge in [0.1, 0.15) is 15.9 Å². The number of fused-ring (bicyclic) bond motifs is 1. The van der Waals surface area contributed by atoms with E-state index >= 15 is 0 Å². The van der Waals surface area contributed by atoms with Gasteiger partial charge in [-0.25, -0.2) is 13.2 Å². The number of carbonyl (C=O) groups is 1. The Balaban J connectivity index is 2.06. The molecule has 0 saturated carbocycles. The standard InChI is InChI=1S/C14H11N3O6S2/c18-13(19)7-4-8(14(20)21)6-9(5-7)17-25(22,23)11-3-1-2-10-12(11)16-24-15-10/h1-6,13,17-19H,(H,20,21). The molecule has 0 spiro atoms. The first-order chi connectivity index (χ1) is 11.8. The van der Waals surface area contributed by atoms with Crippen LogP contribution in [-0.4, -0.2) is 38.5 Å². The van der Waals surface area contributed by atoms with E-state index in [-0.39, 0.29) is 27.2 Å². The summed E-state index contributed by atoms with van der Waals surface area (Å²) in [7, 11) is -4.10. The molecule has 3 rings (SSSR count). The molecule has 0 aliphatic carbocycles. The predicted molar refractivity (Wildman–Crippen MR) is 88.8 cm³/mol. The Morgan fingerprint density at radius 1 is 1.16 bits per heavy atom. The first kappa shape index (κ1) is 17.2. The van der Waals surface area contributed by atoms with E-state index in [2.05, 4.69) is 13.5 Å². The van der Waals surface area contributed by atoms with Crippen LogP contribution in [0.5, 0.6) is 0 Å². The van der Waals surface area contributed by atoms with Crippen molar-refractivity contribution in [2.75, 3.05) is 4.72 Å². The first-order valence-corrected chi connectivity index (χ1v) is 8.98. The minimum absolute atomic E-state index is 0.120. The van der Waals surface area contributed by atoms with Crippen molar-refractivity contribution in [2.24, 2.45) is 0 Å². The molecule has 0 aliphatic heterocycles. The Labute approximate surface area is 145 Å². The van der Waals surface area contributed by atoms with Crippen LogP contribution in [-0.2, 0) is 10.0 Å². The number of hydrogen-bond acceptors (Lipinski definition) is 8. The maximum absolute atomic E-state index is 12.6. The van der Waals surface area contributed by atoms with Crippen molar-refractivity contribution in [3.05, 3.63) is 47.5 Å². The predicted octanol–water partition coefficient (Wildman–Crippen LogP) is 1.17. The molecule has 11 heteroatoms. The highest BCUT2D eigenvalue weighted by Crippen LogP contribution is 2.25. The van der Waals surface area contributed by atoms with E-state index in [0.717, 1.165) is 29.9 Å². The van der Waals surface area contributed by atoms with Gasteiger partial charge in [-0.1, -0.05) is 6.07 Å². The lowest BCUT2D eigenvalue weighted by atomic mass is 10.1. The van der Waals surface area contributed by atoms with Crippen LogP contribution in [0.4, 0.5) is 5.69 Å². The smallest absolute Gasteiger partial charge is 0.335 e. The summed E-state index contributed by atoms with van der Waals surface area (Å²) in [4.78, 5) is 11.0. The Morgan fingerprint density at radius 2 is 1.92 bits per heavy atom. The molecule has 0 bridgehead atoms. The molecule has 25 heavy (non-hydrogen) atoms. The highest BCUT2D eigenvalue weighted by atomic mass is 32.2. The molecule has 3 aromatic rings. The van der Waals surface area contributed by atoms with Crippen molar-refractivity contribution in [3.8, 4) is 0 Å². The van der Waals surface area contributed by atoms with Crippen LogP contribution in [0.25, 0.3) is 11.0 Å². The minimum Gasteiger partial charge on any atom is -0.478 e. The molecular formula is C14H11N3O6S2. The number of nitrogens with zero attached hydrogens (tertiary/aromatic N) is 2. The van der Waals surface area contributed by atoms with Crippen molar-refractivity contribution in [1.29, 1.82) is 0 Å². The van der Waals surface area contributed by atoms with E-state index in [0.29, 0.717) is 5.52 Å². The van der Waals surface area contributed by atoms with Gasteiger partial charge in [0.25, 0.3) is 10.0 Å². The monoisotopic (exact) mass is 381 g/mol. The molecule has 0 fully saturated rings. The van der Waals surface area contributed by atoms with Gasteiger partial charge >= 0.3 is 5.97 Å². The van der Waals surface area contributed by atoms with Gasteiger partial charge in [0.2, 0.25) is 0 Å². The second kappa shape index (κ2) is 6.37. The second-order valence-corrected chi connectivity index (χ2v) is 7.20. The van der Waals surface area contributed by atoms with Gasteiger partial charge in [-0.3, -0.25) is 4.72 Å². The number of benzene rings is 2. The third kappa shape index (κ3) is 3.44. The number of aromatic nitrogens is 2. The highest BCUT2D eigenvalue weighted by molar-refractivity contribution is 7.93. The quantitative estimate of drug-likeness (QED) is 0.481. The second-order valence-electron chi connectivity index (χ2n) is 5.02. The molecular weight excluding hydrogens is 370 g/mol. The fourth-order valence-corrected chi connectivity index (χ4v) is 4.00. The number of carboxylic acids is 1. The Hall–Kier alpha value is -2.60. The van der Waals surface area contributed by atoms with Crippen LogP contribution in [0.2, 0.25) is 0 Å².